The molecule has 4 atom stereocenters. The van der Waals surface area contributed by atoms with Crippen molar-refractivity contribution < 1.29 is 28.7 Å². The maximum absolute atomic E-state index is 13.1. The molecule has 0 aromatic carbocycles. The molecule has 2 amide bonds. The van der Waals surface area contributed by atoms with E-state index in [0.717, 1.165) is 12.8 Å². The van der Waals surface area contributed by atoms with Crippen molar-refractivity contribution in [2.75, 3.05) is 14.2 Å². The van der Waals surface area contributed by atoms with Gasteiger partial charge >= 0.3 is 11.9 Å². The third kappa shape index (κ3) is 8.30. The number of hydrogen-bond acceptors (Lipinski definition) is 10. The van der Waals surface area contributed by atoms with Crippen LogP contribution in [0.1, 0.15) is 73.9 Å². The zero-order chi connectivity index (χ0) is 27.8. The van der Waals surface area contributed by atoms with Gasteiger partial charge in [0, 0.05) is 62.6 Å². The van der Waals surface area contributed by atoms with Crippen LogP contribution in [-0.2, 0) is 30.3 Å². The number of esters is 2. The van der Waals surface area contributed by atoms with Crippen molar-refractivity contribution in [3.05, 3.63) is 40.4 Å². The van der Waals surface area contributed by atoms with Crippen molar-refractivity contribution in [3.8, 4) is 0 Å². The molecule has 1 aliphatic carbocycles. The lowest BCUT2D eigenvalue weighted by Crippen LogP contribution is -2.39. The first-order valence-corrected chi connectivity index (χ1v) is 13.5. The molecule has 38 heavy (non-hydrogen) atoms. The zero-order valence-corrected chi connectivity index (χ0v) is 23.2. The second-order valence-corrected chi connectivity index (χ2v) is 10.6. The van der Waals surface area contributed by atoms with Crippen LogP contribution in [0.4, 0.5) is 0 Å². The summed E-state index contributed by atoms with van der Waals surface area (Å²) in [5.41, 5.74) is 0.168. The Morgan fingerprint density at radius 2 is 1.84 bits per heavy atom. The van der Waals surface area contributed by atoms with Gasteiger partial charge in [-0.3, -0.25) is 19.2 Å². The van der Waals surface area contributed by atoms with Gasteiger partial charge in [-0.2, -0.15) is 0 Å². The molecular weight excluding hydrogens is 510 g/mol. The first-order chi connectivity index (χ1) is 18.1. The van der Waals surface area contributed by atoms with Crippen molar-refractivity contribution in [2.45, 2.75) is 71.1 Å². The van der Waals surface area contributed by atoms with Crippen LogP contribution >= 0.6 is 11.3 Å². The molecule has 1 saturated carbocycles. The van der Waals surface area contributed by atoms with E-state index in [4.69, 9.17) is 9.47 Å². The maximum Gasteiger partial charge on any atom is 0.308 e. The summed E-state index contributed by atoms with van der Waals surface area (Å²) in [5, 5.41) is 5.00. The van der Waals surface area contributed by atoms with Crippen LogP contribution in [0.3, 0.4) is 0 Å². The number of amides is 2. The summed E-state index contributed by atoms with van der Waals surface area (Å²) in [5.74, 6) is -1.03. The summed E-state index contributed by atoms with van der Waals surface area (Å²) in [6.07, 6.45) is 5.34. The quantitative estimate of drug-likeness (QED) is 0.376. The van der Waals surface area contributed by atoms with E-state index in [2.05, 4.69) is 20.3 Å². The molecule has 0 radical (unpaired) electrons. The smallest absolute Gasteiger partial charge is 0.308 e. The monoisotopic (exact) mass is 545 g/mol. The second kappa shape index (κ2) is 13.4. The number of aromatic nitrogens is 3. The van der Waals surface area contributed by atoms with Gasteiger partial charge in [0.15, 0.2) is 6.10 Å². The molecule has 1 fully saturated rings. The van der Waals surface area contributed by atoms with Gasteiger partial charge in [0.1, 0.15) is 16.5 Å². The number of hydrogen-bond donors (Lipinski definition) is 1. The first kappa shape index (κ1) is 29.2. The van der Waals surface area contributed by atoms with Gasteiger partial charge < -0.3 is 19.7 Å². The molecule has 0 saturated heterocycles. The zero-order valence-electron chi connectivity index (χ0n) is 22.4. The van der Waals surface area contributed by atoms with E-state index in [9.17, 15) is 19.2 Å². The minimum absolute atomic E-state index is 0.0842. The summed E-state index contributed by atoms with van der Waals surface area (Å²) in [6.45, 7) is 4.95. The average Bonchev–Trinajstić information content (AvgIpc) is 3.62. The maximum atomic E-state index is 13.1. The van der Waals surface area contributed by atoms with Crippen molar-refractivity contribution in [1.29, 1.82) is 0 Å². The summed E-state index contributed by atoms with van der Waals surface area (Å²) in [7, 11) is 3.08. The number of ether oxygens (including phenoxy) is 2. The highest BCUT2D eigenvalue weighted by atomic mass is 32.1. The Hall–Kier alpha value is -3.41. The molecule has 0 unspecified atom stereocenters. The number of thiazole rings is 1. The molecule has 1 N–H and O–H groups in total. The Morgan fingerprint density at radius 1 is 1.16 bits per heavy atom. The molecule has 2 heterocycles. The highest BCUT2D eigenvalue weighted by Crippen LogP contribution is 2.33. The summed E-state index contributed by atoms with van der Waals surface area (Å²) in [6, 6.07) is 1.06. The molecule has 0 spiro atoms. The number of nitrogens with zero attached hydrogens (tertiary/aromatic N) is 4. The van der Waals surface area contributed by atoms with Gasteiger partial charge in [-0.15, -0.1) is 11.3 Å². The first-order valence-electron chi connectivity index (χ1n) is 12.6. The third-order valence-electron chi connectivity index (χ3n) is 6.45. The van der Waals surface area contributed by atoms with Crippen LogP contribution in [0.5, 0.6) is 0 Å². The number of carbonyl (C=O) groups is 4. The highest BCUT2D eigenvalue weighted by Gasteiger charge is 2.35. The number of nitrogens with one attached hydrogen (secondary N) is 1. The minimum Gasteiger partial charge on any atom is -0.469 e. The summed E-state index contributed by atoms with van der Waals surface area (Å²) >= 11 is 1.21. The molecule has 206 valence electrons. The van der Waals surface area contributed by atoms with Crippen LogP contribution in [-0.4, -0.2) is 69.8 Å². The predicted octanol–water partition coefficient (Wildman–Crippen LogP) is 2.72. The van der Waals surface area contributed by atoms with Crippen LogP contribution in [0.15, 0.2) is 23.8 Å². The minimum atomic E-state index is -0.698. The third-order valence-corrected chi connectivity index (χ3v) is 7.39. The second-order valence-electron chi connectivity index (χ2n) is 9.68. The Balaban J connectivity index is 1.71. The lowest BCUT2D eigenvalue weighted by Gasteiger charge is -2.27. The van der Waals surface area contributed by atoms with Crippen LogP contribution in [0.25, 0.3) is 0 Å². The fourth-order valence-corrected chi connectivity index (χ4v) is 4.91. The van der Waals surface area contributed by atoms with Crippen LogP contribution in [0, 0.1) is 11.8 Å². The Morgan fingerprint density at radius 3 is 2.45 bits per heavy atom. The van der Waals surface area contributed by atoms with Crippen molar-refractivity contribution in [3.63, 3.8) is 0 Å². The van der Waals surface area contributed by atoms with E-state index < -0.39 is 29.9 Å². The van der Waals surface area contributed by atoms with Crippen LogP contribution in [0.2, 0.25) is 0 Å². The van der Waals surface area contributed by atoms with Gasteiger partial charge in [0.2, 0.25) is 5.91 Å². The fourth-order valence-electron chi connectivity index (χ4n) is 4.08. The van der Waals surface area contributed by atoms with E-state index in [1.165, 1.54) is 25.4 Å². The molecule has 12 heteroatoms. The number of rotatable bonds is 13. The summed E-state index contributed by atoms with van der Waals surface area (Å²) in [4.78, 5) is 64.0. The highest BCUT2D eigenvalue weighted by molar-refractivity contribution is 7.09. The van der Waals surface area contributed by atoms with E-state index in [0.29, 0.717) is 30.1 Å². The standard InChI is InChI=1S/C26H35N5O6S/c1-15(26(35)36-5)11-19(13-22-27-9-6-10-28-22)29-23(33)20-14-38-24(30-20)21(37-17(3)32)12-16(2)31(4)25(34)18-7-8-18/h6,9-10,14-16,18-19,21H,7-8,11-13H2,1-5H3,(H,29,33)/t15-,16-,19+,21+/m0/s1. The van der Waals surface area contributed by atoms with Crippen molar-refractivity contribution in [2.24, 2.45) is 11.8 Å². The number of carbonyl (C=O) groups excluding carboxylic acids is 4. The van der Waals surface area contributed by atoms with Crippen LogP contribution < -0.4 is 5.32 Å². The summed E-state index contributed by atoms with van der Waals surface area (Å²) < 4.78 is 10.4. The largest absolute Gasteiger partial charge is 0.469 e. The van der Waals surface area contributed by atoms with E-state index in [-0.39, 0.29) is 29.5 Å². The molecule has 11 nitrogen and oxygen atoms in total. The van der Waals surface area contributed by atoms with Gasteiger partial charge in [-0.05, 0) is 32.3 Å². The van der Waals surface area contributed by atoms with E-state index >= 15 is 0 Å². The van der Waals surface area contributed by atoms with Gasteiger partial charge in [0.05, 0.1) is 13.0 Å². The molecule has 1 aliphatic rings. The normalized spacial score (nSPS) is 16.0. The predicted molar refractivity (Wildman–Crippen MR) is 139 cm³/mol. The Kier molecular flexibility index (Phi) is 10.3. The topological polar surface area (TPSA) is 141 Å². The lowest BCUT2D eigenvalue weighted by molar-refractivity contribution is -0.148. The van der Waals surface area contributed by atoms with E-state index in [1.807, 2.05) is 6.92 Å². The Labute approximate surface area is 226 Å². The molecule has 2 aromatic rings. The molecule has 2 aromatic heterocycles. The SMILES string of the molecule is COC(=O)[C@@H](C)C[C@H](Cc1ncccn1)NC(=O)c1csc([C@@H](C[C@H](C)N(C)C(=O)C2CC2)OC(C)=O)n1. The molecular formula is C26H35N5O6S. The van der Waals surface area contributed by atoms with Gasteiger partial charge in [0.25, 0.3) is 5.91 Å². The lowest BCUT2D eigenvalue weighted by atomic mass is 9.99. The van der Waals surface area contributed by atoms with Crippen molar-refractivity contribution in [1.82, 2.24) is 25.2 Å². The van der Waals surface area contributed by atoms with Gasteiger partial charge in [-0.1, -0.05) is 6.92 Å². The molecule has 0 aliphatic heterocycles. The van der Waals surface area contributed by atoms with Crippen molar-refractivity contribution >= 4 is 35.1 Å². The van der Waals surface area contributed by atoms with E-state index in [1.54, 1.807) is 42.7 Å². The Bertz CT molecular complexity index is 1120. The number of methoxy groups -OCH3 is 1. The average molecular weight is 546 g/mol. The fraction of sp³-hybridized carbons (Fsp3) is 0.577. The molecule has 0 bridgehead atoms. The molecule has 3 rings (SSSR count). The van der Waals surface area contributed by atoms with Gasteiger partial charge in [-0.25, -0.2) is 15.0 Å².